The van der Waals surface area contributed by atoms with Crippen LogP contribution in [0.5, 0.6) is 0 Å². The first kappa shape index (κ1) is 24.8. The van der Waals surface area contributed by atoms with Gasteiger partial charge < -0.3 is 20.8 Å². The topological polar surface area (TPSA) is 133 Å². The average Bonchev–Trinajstić information content (AvgIpc) is 2.47. The molecule has 0 rings (SSSR count). The van der Waals surface area contributed by atoms with Crippen LogP contribution in [0.2, 0.25) is 0 Å². The lowest BCUT2D eigenvalue weighted by Gasteiger charge is -2.11. The lowest BCUT2D eigenvalue weighted by molar-refractivity contribution is -0.142. The first-order valence-corrected chi connectivity index (χ1v) is 9.92. The molecule has 8 nitrogen and oxygen atoms in total. The molecule has 0 aliphatic rings. The molecule has 0 aliphatic heterocycles. The molecule has 140 valence electrons. The van der Waals surface area contributed by atoms with E-state index in [0.29, 0.717) is 12.8 Å². The van der Waals surface area contributed by atoms with Crippen molar-refractivity contribution in [3.8, 4) is 0 Å². The van der Waals surface area contributed by atoms with Crippen molar-refractivity contribution in [2.24, 2.45) is 0 Å². The van der Waals surface area contributed by atoms with Crippen molar-refractivity contribution in [1.29, 1.82) is 0 Å². The van der Waals surface area contributed by atoms with Gasteiger partial charge in [-0.25, -0.2) is 9.59 Å². The second kappa shape index (κ2) is 15.1. The predicted molar refractivity (Wildman–Crippen MR) is 96.5 cm³/mol. The van der Waals surface area contributed by atoms with E-state index in [9.17, 15) is 19.2 Å². The highest BCUT2D eigenvalue weighted by Crippen LogP contribution is 2.01. The van der Waals surface area contributed by atoms with Crippen molar-refractivity contribution in [1.82, 2.24) is 10.6 Å². The van der Waals surface area contributed by atoms with E-state index in [-0.39, 0.29) is 11.8 Å². The summed E-state index contributed by atoms with van der Waals surface area (Å²) in [5.41, 5.74) is 0. The molecule has 2 atom stereocenters. The zero-order valence-corrected chi connectivity index (χ0v) is 16.0. The second-order valence-electron chi connectivity index (χ2n) is 4.75. The minimum atomic E-state index is -0.973. The van der Waals surface area contributed by atoms with Gasteiger partial charge in [0.05, 0.1) is 0 Å². The smallest absolute Gasteiger partial charge is 0.326 e. The standard InChI is InChI=1S/2C7H13NO3S/c2*1-5(9)8-6(7(10)11)3-4-12-2/h2*6H,3-4H2,1-2H3,(H,8,9)(H,10,11)/t6-;/m0./s1. The maximum absolute atomic E-state index is 10.5. The lowest BCUT2D eigenvalue weighted by atomic mass is 10.2. The Balaban J connectivity index is 0. The minimum Gasteiger partial charge on any atom is -0.480 e. The number of aliphatic carboxylic acids is 2. The molecule has 0 saturated heterocycles. The summed E-state index contributed by atoms with van der Waals surface area (Å²) in [4.78, 5) is 42.1. The molecule has 0 radical (unpaired) electrons. The van der Waals surface area contributed by atoms with Crippen LogP contribution >= 0.6 is 23.5 Å². The highest BCUT2D eigenvalue weighted by atomic mass is 32.2. The van der Waals surface area contributed by atoms with E-state index < -0.39 is 24.0 Å². The third kappa shape index (κ3) is 15.5. The number of carbonyl (C=O) groups is 4. The largest absolute Gasteiger partial charge is 0.480 e. The quantitative estimate of drug-likeness (QED) is 0.433. The Labute approximate surface area is 150 Å². The van der Waals surface area contributed by atoms with E-state index in [1.807, 2.05) is 12.5 Å². The minimum absolute atomic E-state index is 0.302. The van der Waals surface area contributed by atoms with Crippen molar-refractivity contribution in [3.05, 3.63) is 0 Å². The number of hydrogen-bond donors (Lipinski definition) is 4. The average molecular weight is 383 g/mol. The molecule has 2 amide bonds. The van der Waals surface area contributed by atoms with Crippen LogP contribution in [-0.4, -0.2) is 70.1 Å². The van der Waals surface area contributed by atoms with Gasteiger partial charge in [0.2, 0.25) is 11.8 Å². The van der Waals surface area contributed by atoms with Crippen LogP contribution in [0.4, 0.5) is 0 Å². The molecular weight excluding hydrogens is 356 g/mol. The number of hydrogen-bond acceptors (Lipinski definition) is 6. The van der Waals surface area contributed by atoms with Crippen LogP contribution in [0.25, 0.3) is 0 Å². The summed E-state index contributed by atoms with van der Waals surface area (Å²) >= 11 is 3.12. The van der Waals surface area contributed by atoms with Gasteiger partial charge in [-0.1, -0.05) is 0 Å². The Morgan fingerprint density at radius 2 is 1.08 bits per heavy atom. The van der Waals surface area contributed by atoms with Crippen LogP contribution in [0, 0.1) is 0 Å². The molecule has 0 fully saturated rings. The van der Waals surface area contributed by atoms with Gasteiger partial charge in [0, 0.05) is 13.8 Å². The first-order valence-electron chi connectivity index (χ1n) is 7.13. The Kier molecular flexibility index (Phi) is 15.6. The van der Waals surface area contributed by atoms with Gasteiger partial charge in [0.15, 0.2) is 0 Å². The molecule has 0 aromatic rings. The summed E-state index contributed by atoms with van der Waals surface area (Å²) in [5.74, 6) is -1.08. The molecule has 1 unspecified atom stereocenters. The zero-order valence-electron chi connectivity index (χ0n) is 14.3. The van der Waals surface area contributed by atoms with Crippen LogP contribution in [0.15, 0.2) is 0 Å². The highest BCUT2D eigenvalue weighted by Gasteiger charge is 2.17. The molecule has 24 heavy (non-hydrogen) atoms. The van der Waals surface area contributed by atoms with Gasteiger partial charge in [-0.2, -0.15) is 23.5 Å². The number of carbonyl (C=O) groups excluding carboxylic acids is 2. The first-order chi connectivity index (χ1) is 11.1. The Hall–Kier alpha value is -1.42. The summed E-state index contributed by atoms with van der Waals surface area (Å²) < 4.78 is 0. The van der Waals surface area contributed by atoms with Gasteiger partial charge in [-0.05, 0) is 36.9 Å². The van der Waals surface area contributed by atoms with Gasteiger partial charge in [-0.3, -0.25) is 9.59 Å². The van der Waals surface area contributed by atoms with Crippen LogP contribution in [-0.2, 0) is 19.2 Å². The fourth-order valence-corrected chi connectivity index (χ4v) is 2.42. The van der Waals surface area contributed by atoms with E-state index in [4.69, 9.17) is 10.2 Å². The summed E-state index contributed by atoms with van der Waals surface area (Å²) in [6.07, 6.45) is 4.73. The van der Waals surface area contributed by atoms with Crippen LogP contribution in [0.1, 0.15) is 26.7 Å². The van der Waals surface area contributed by atoms with E-state index in [2.05, 4.69) is 10.6 Å². The van der Waals surface area contributed by atoms with Gasteiger partial charge in [0.25, 0.3) is 0 Å². The van der Waals surface area contributed by atoms with Crippen molar-refractivity contribution in [3.63, 3.8) is 0 Å². The number of rotatable bonds is 10. The third-order valence-corrected chi connectivity index (χ3v) is 3.86. The maximum atomic E-state index is 10.5. The number of carboxylic acid groups (broad SMARTS) is 2. The van der Waals surface area contributed by atoms with E-state index in [1.165, 1.54) is 13.8 Å². The van der Waals surface area contributed by atoms with Crippen molar-refractivity contribution in [2.45, 2.75) is 38.8 Å². The highest BCUT2D eigenvalue weighted by molar-refractivity contribution is 7.98. The Morgan fingerprint density at radius 3 is 1.25 bits per heavy atom. The zero-order chi connectivity index (χ0) is 19.1. The van der Waals surface area contributed by atoms with Crippen molar-refractivity contribution < 1.29 is 29.4 Å². The van der Waals surface area contributed by atoms with Crippen LogP contribution < -0.4 is 10.6 Å². The van der Waals surface area contributed by atoms with E-state index in [0.717, 1.165) is 11.5 Å². The van der Waals surface area contributed by atoms with E-state index >= 15 is 0 Å². The maximum Gasteiger partial charge on any atom is 0.326 e. The number of thioether (sulfide) groups is 2. The molecule has 0 bridgehead atoms. The molecule has 4 N–H and O–H groups in total. The van der Waals surface area contributed by atoms with Crippen molar-refractivity contribution >= 4 is 47.3 Å². The normalized spacial score (nSPS) is 12.2. The third-order valence-electron chi connectivity index (χ3n) is 2.57. The fourth-order valence-electron chi connectivity index (χ4n) is 1.48. The van der Waals surface area contributed by atoms with Gasteiger partial charge >= 0.3 is 11.9 Å². The predicted octanol–water partition coefficient (Wildman–Crippen LogP) is 0.658. The molecule has 0 aromatic heterocycles. The summed E-state index contributed by atoms with van der Waals surface area (Å²) in [5, 5.41) is 22.0. The molecule has 0 heterocycles. The molecule has 10 heteroatoms. The van der Waals surface area contributed by atoms with Crippen LogP contribution in [0.3, 0.4) is 0 Å². The summed E-state index contributed by atoms with van der Waals surface area (Å²) in [6.45, 7) is 2.63. The molecule has 0 spiro atoms. The molecular formula is C14H26N2O6S2. The Morgan fingerprint density at radius 1 is 0.792 bits per heavy atom. The molecule has 0 aromatic carbocycles. The molecule has 0 saturated carbocycles. The lowest BCUT2D eigenvalue weighted by Crippen LogP contribution is -2.39. The summed E-state index contributed by atoms with van der Waals surface area (Å²) in [6, 6.07) is -1.48. The summed E-state index contributed by atoms with van der Waals surface area (Å²) in [7, 11) is 0. The number of amides is 2. The monoisotopic (exact) mass is 382 g/mol. The molecule has 0 aliphatic carbocycles. The van der Waals surface area contributed by atoms with Gasteiger partial charge in [0.1, 0.15) is 12.1 Å². The van der Waals surface area contributed by atoms with E-state index in [1.54, 1.807) is 23.5 Å². The van der Waals surface area contributed by atoms with Gasteiger partial charge in [-0.15, -0.1) is 0 Å². The van der Waals surface area contributed by atoms with Crippen molar-refractivity contribution in [2.75, 3.05) is 24.0 Å². The Bertz CT molecular complexity index is 382. The fraction of sp³-hybridized carbons (Fsp3) is 0.714. The second-order valence-corrected chi connectivity index (χ2v) is 6.72. The number of carboxylic acids is 2. The SMILES string of the molecule is CSCCC(NC(C)=O)C(=O)O.CSCC[C@H](NC(C)=O)C(=O)O. The number of nitrogens with one attached hydrogen (secondary N) is 2.